The molecule has 2 aromatic carbocycles. The van der Waals surface area contributed by atoms with Gasteiger partial charge in [-0.25, -0.2) is 0 Å². The summed E-state index contributed by atoms with van der Waals surface area (Å²) in [4.78, 5) is 11.7. The lowest BCUT2D eigenvalue weighted by molar-refractivity contribution is -0.143. The van der Waals surface area contributed by atoms with Crippen LogP contribution in [0.1, 0.15) is 46.9 Å². The molecule has 0 aliphatic heterocycles. The van der Waals surface area contributed by atoms with Crippen molar-refractivity contribution in [1.82, 2.24) is 0 Å². The second-order valence-corrected chi connectivity index (χ2v) is 8.58. The molecule has 0 unspecified atom stereocenters. The number of esters is 1. The van der Waals surface area contributed by atoms with Crippen molar-refractivity contribution in [2.75, 3.05) is 18.6 Å². The zero-order valence-corrected chi connectivity index (χ0v) is 20.3. The van der Waals surface area contributed by atoms with Gasteiger partial charge in [0, 0.05) is 22.9 Å². The van der Waals surface area contributed by atoms with E-state index < -0.39 is 0 Å². The molecule has 0 bridgehead atoms. The number of furan rings is 1. The molecule has 0 saturated carbocycles. The number of fused-ring (bicyclic) bond motifs is 1. The number of rotatable bonds is 8. The Morgan fingerprint density at radius 3 is 2.66 bits per heavy atom. The van der Waals surface area contributed by atoms with Crippen LogP contribution in [0.2, 0.25) is 0 Å². The number of thioether (sulfide) groups is 1. The van der Waals surface area contributed by atoms with Crippen LogP contribution >= 0.6 is 11.8 Å². The highest BCUT2D eigenvalue weighted by molar-refractivity contribution is 7.98. The molecule has 0 N–H and O–H groups in total. The van der Waals surface area contributed by atoms with Gasteiger partial charge in [-0.05, 0) is 81.3 Å². The lowest BCUT2D eigenvalue weighted by Gasteiger charge is -2.15. The van der Waals surface area contributed by atoms with Gasteiger partial charge in [-0.3, -0.25) is 4.79 Å². The highest BCUT2D eigenvalue weighted by Gasteiger charge is 2.13. The summed E-state index contributed by atoms with van der Waals surface area (Å²) >= 11 is 1.71. The Morgan fingerprint density at radius 2 is 1.91 bits per heavy atom. The second-order valence-electron chi connectivity index (χ2n) is 7.71. The van der Waals surface area contributed by atoms with Crippen molar-refractivity contribution in [3.8, 4) is 17.6 Å². The van der Waals surface area contributed by atoms with E-state index in [1.54, 1.807) is 11.8 Å². The second kappa shape index (κ2) is 11.2. The van der Waals surface area contributed by atoms with Gasteiger partial charge >= 0.3 is 5.97 Å². The Hall–Kier alpha value is -2.84. The van der Waals surface area contributed by atoms with E-state index in [1.807, 2.05) is 38.3 Å². The first-order chi connectivity index (χ1) is 15.4. The Bertz CT molecular complexity index is 1160. The predicted molar refractivity (Wildman–Crippen MR) is 131 cm³/mol. The molecule has 0 saturated heterocycles. The van der Waals surface area contributed by atoms with Crippen LogP contribution in [0, 0.1) is 32.6 Å². The monoisotopic (exact) mass is 450 g/mol. The molecule has 0 aliphatic carbocycles. The van der Waals surface area contributed by atoms with Crippen LogP contribution in [0.25, 0.3) is 11.0 Å². The average Bonchev–Trinajstić information content (AvgIpc) is 3.14. The number of hydrogen-bond donors (Lipinski definition) is 0. The van der Waals surface area contributed by atoms with Crippen molar-refractivity contribution in [3.05, 3.63) is 63.9 Å². The maximum Gasteiger partial charge on any atom is 0.306 e. The highest BCUT2D eigenvalue weighted by atomic mass is 32.2. The first kappa shape index (κ1) is 23.8. The van der Waals surface area contributed by atoms with Crippen molar-refractivity contribution < 1.29 is 18.7 Å². The lowest BCUT2D eigenvalue weighted by Crippen LogP contribution is -2.06. The summed E-state index contributed by atoms with van der Waals surface area (Å²) in [6.45, 7) is 8.70. The zero-order chi connectivity index (χ0) is 23.1. The van der Waals surface area contributed by atoms with Gasteiger partial charge in [0.05, 0.1) is 12.4 Å². The van der Waals surface area contributed by atoms with Gasteiger partial charge < -0.3 is 13.9 Å². The van der Waals surface area contributed by atoms with E-state index in [2.05, 4.69) is 37.8 Å². The van der Waals surface area contributed by atoms with Crippen molar-refractivity contribution in [2.24, 2.45) is 0 Å². The van der Waals surface area contributed by atoms with Crippen LogP contribution in [0.4, 0.5) is 0 Å². The fourth-order valence-corrected chi connectivity index (χ4v) is 3.87. The van der Waals surface area contributed by atoms with Gasteiger partial charge in [-0.1, -0.05) is 17.9 Å². The zero-order valence-electron chi connectivity index (χ0n) is 19.5. The molecule has 0 radical (unpaired) electrons. The molecule has 0 spiro atoms. The molecule has 1 aromatic heterocycles. The Labute approximate surface area is 194 Å². The highest BCUT2D eigenvalue weighted by Crippen LogP contribution is 2.29. The van der Waals surface area contributed by atoms with E-state index in [0.29, 0.717) is 26.1 Å². The molecule has 168 valence electrons. The van der Waals surface area contributed by atoms with Crippen LogP contribution in [-0.2, 0) is 22.6 Å². The Kier molecular flexibility index (Phi) is 8.30. The molecule has 4 nitrogen and oxygen atoms in total. The van der Waals surface area contributed by atoms with E-state index in [9.17, 15) is 4.79 Å². The minimum Gasteiger partial charge on any atom is -0.488 e. The van der Waals surface area contributed by atoms with Gasteiger partial charge in [-0.2, -0.15) is 11.8 Å². The molecule has 0 amide bonds. The number of benzene rings is 2. The summed E-state index contributed by atoms with van der Waals surface area (Å²) in [6.07, 6.45) is 3.09. The molecular formula is C27H30O4S. The minimum absolute atomic E-state index is 0.164. The van der Waals surface area contributed by atoms with Gasteiger partial charge in [0.25, 0.3) is 0 Å². The molecule has 32 heavy (non-hydrogen) atoms. The first-order valence-electron chi connectivity index (χ1n) is 10.8. The number of ether oxygens (including phenoxy) is 2. The number of carbonyl (C=O) groups is 1. The van der Waals surface area contributed by atoms with Crippen LogP contribution < -0.4 is 4.74 Å². The fraction of sp³-hybridized carbons (Fsp3) is 0.370. The summed E-state index contributed by atoms with van der Waals surface area (Å²) in [5, 5.41) is 1.04. The van der Waals surface area contributed by atoms with E-state index in [4.69, 9.17) is 13.9 Å². The average molecular weight is 451 g/mol. The standard InChI is InChI=1S/C27H30O4S/c1-6-29-26(28)12-10-22-9-11-25(20(4)19(22)3)30-17-24-16-21(8-7-13-32-5)15-23-14-18(2)31-27(23)24/h9,11,14-16H,6,10,12-13,17H2,1-5H3. The molecule has 3 aromatic rings. The third kappa shape index (κ3) is 5.89. The SMILES string of the molecule is CCOC(=O)CCc1ccc(OCc2cc(C#CCSC)cc3cc(C)oc23)c(C)c1C. The normalized spacial score (nSPS) is 10.7. The van der Waals surface area contributed by atoms with E-state index >= 15 is 0 Å². The molecule has 5 heteroatoms. The number of aryl methyl sites for hydroxylation is 2. The quantitative estimate of drug-likeness (QED) is 0.304. The van der Waals surface area contributed by atoms with E-state index in [-0.39, 0.29) is 5.97 Å². The van der Waals surface area contributed by atoms with Crippen LogP contribution in [0.3, 0.4) is 0 Å². The summed E-state index contributed by atoms with van der Waals surface area (Å²) in [7, 11) is 0. The van der Waals surface area contributed by atoms with Crippen LogP contribution in [0.5, 0.6) is 5.75 Å². The van der Waals surface area contributed by atoms with Crippen molar-refractivity contribution in [3.63, 3.8) is 0 Å². The third-order valence-corrected chi connectivity index (χ3v) is 5.84. The Balaban J connectivity index is 1.79. The predicted octanol–water partition coefficient (Wildman–Crippen LogP) is 6.15. The Morgan fingerprint density at radius 1 is 1.09 bits per heavy atom. The lowest BCUT2D eigenvalue weighted by atomic mass is 9.99. The number of hydrogen-bond acceptors (Lipinski definition) is 5. The molecule has 0 atom stereocenters. The largest absolute Gasteiger partial charge is 0.488 e. The van der Waals surface area contributed by atoms with Crippen LogP contribution in [0.15, 0.2) is 34.7 Å². The van der Waals surface area contributed by atoms with Crippen LogP contribution in [-0.4, -0.2) is 24.6 Å². The van der Waals surface area contributed by atoms with Gasteiger partial charge in [-0.15, -0.1) is 0 Å². The number of carbonyl (C=O) groups excluding carboxylic acids is 1. The minimum atomic E-state index is -0.164. The summed E-state index contributed by atoms with van der Waals surface area (Å²) in [5.41, 5.74) is 6.15. The maximum absolute atomic E-state index is 11.7. The van der Waals surface area contributed by atoms with Crippen molar-refractivity contribution in [2.45, 2.75) is 47.1 Å². The first-order valence-corrected chi connectivity index (χ1v) is 12.2. The van der Waals surface area contributed by atoms with E-state index in [1.165, 1.54) is 0 Å². The molecule has 1 heterocycles. The smallest absolute Gasteiger partial charge is 0.306 e. The van der Waals surface area contributed by atoms with Crippen molar-refractivity contribution in [1.29, 1.82) is 0 Å². The topological polar surface area (TPSA) is 48.7 Å². The van der Waals surface area contributed by atoms with Gasteiger partial charge in [0.2, 0.25) is 0 Å². The maximum atomic E-state index is 11.7. The van der Waals surface area contributed by atoms with Crippen molar-refractivity contribution >= 4 is 28.7 Å². The summed E-state index contributed by atoms with van der Waals surface area (Å²) in [6, 6.07) is 10.2. The van der Waals surface area contributed by atoms with Gasteiger partial charge in [0.1, 0.15) is 23.7 Å². The van der Waals surface area contributed by atoms with Gasteiger partial charge in [0.15, 0.2) is 0 Å². The molecule has 3 rings (SSSR count). The summed E-state index contributed by atoms with van der Waals surface area (Å²) < 4.78 is 17.2. The molecule has 0 fully saturated rings. The molecular weight excluding hydrogens is 420 g/mol. The summed E-state index contributed by atoms with van der Waals surface area (Å²) in [5.74, 6) is 8.76. The molecule has 0 aliphatic rings. The third-order valence-electron chi connectivity index (χ3n) is 5.40. The van der Waals surface area contributed by atoms with E-state index in [0.717, 1.165) is 56.0 Å². The fourth-order valence-electron chi connectivity index (χ4n) is 3.65.